The Bertz CT molecular complexity index is 1120. The molecular formula is C19H16N6O4. The number of nitro groups is 1. The number of carbonyl (C=O) groups excluding carboxylic acids is 2. The van der Waals surface area contributed by atoms with Crippen LogP contribution in [0.3, 0.4) is 0 Å². The Morgan fingerprint density at radius 2 is 2.03 bits per heavy atom. The lowest BCUT2D eigenvalue weighted by Crippen LogP contribution is -2.36. The highest BCUT2D eigenvalue weighted by molar-refractivity contribution is 6.01. The van der Waals surface area contributed by atoms with Crippen molar-refractivity contribution in [3.63, 3.8) is 0 Å². The normalized spacial score (nSPS) is 15.3. The molecular weight excluding hydrogens is 376 g/mol. The van der Waals surface area contributed by atoms with Gasteiger partial charge in [0.2, 0.25) is 17.8 Å². The van der Waals surface area contributed by atoms with Gasteiger partial charge in [-0.15, -0.1) is 5.10 Å². The lowest BCUT2D eigenvalue weighted by atomic mass is 10.1. The molecule has 0 spiro atoms. The summed E-state index contributed by atoms with van der Waals surface area (Å²) < 4.78 is 1.36. The Balaban J connectivity index is 1.63. The number of fused-ring (bicyclic) bond motifs is 1. The van der Waals surface area contributed by atoms with E-state index in [1.807, 2.05) is 31.2 Å². The molecule has 0 saturated carbocycles. The number of anilines is 2. The molecule has 146 valence electrons. The zero-order chi connectivity index (χ0) is 20.5. The van der Waals surface area contributed by atoms with Gasteiger partial charge in [-0.1, -0.05) is 35.9 Å². The molecule has 0 saturated heterocycles. The first-order valence-electron chi connectivity index (χ1n) is 8.79. The van der Waals surface area contributed by atoms with Gasteiger partial charge in [0, 0.05) is 23.4 Å². The van der Waals surface area contributed by atoms with E-state index >= 15 is 0 Å². The first-order chi connectivity index (χ1) is 13.9. The van der Waals surface area contributed by atoms with E-state index in [9.17, 15) is 19.7 Å². The molecule has 1 aromatic heterocycles. The monoisotopic (exact) mass is 392 g/mol. The molecule has 0 fully saturated rings. The highest BCUT2D eigenvalue weighted by Crippen LogP contribution is 2.28. The fourth-order valence-electron chi connectivity index (χ4n) is 3.02. The summed E-state index contributed by atoms with van der Waals surface area (Å²) in [6.45, 7) is 1.96. The lowest BCUT2D eigenvalue weighted by molar-refractivity contribution is -0.384. The third-order valence-corrected chi connectivity index (χ3v) is 4.49. The van der Waals surface area contributed by atoms with Crippen molar-refractivity contribution in [2.24, 2.45) is 0 Å². The first-order valence-corrected chi connectivity index (χ1v) is 8.79. The van der Waals surface area contributed by atoms with Crippen LogP contribution in [0.5, 0.6) is 0 Å². The maximum Gasteiger partial charge on any atom is 0.271 e. The van der Waals surface area contributed by atoms with Crippen molar-refractivity contribution in [1.82, 2.24) is 14.8 Å². The summed E-state index contributed by atoms with van der Waals surface area (Å²) in [5, 5.41) is 20.5. The van der Waals surface area contributed by atoms with E-state index in [2.05, 4.69) is 20.7 Å². The van der Waals surface area contributed by atoms with Crippen LogP contribution in [0.15, 0.2) is 48.5 Å². The van der Waals surface area contributed by atoms with Crippen molar-refractivity contribution in [2.75, 3.05) is 10.6 Å². The summed E-state index contributed by atoms with van der Waals surface area (Å²) in [4.78, 5) is 39.6. The van der Waals surface area contributed by atoms with Crippen LogP contribution in [0.2, 0.25) is 0 Å². The fraction of sp³-hybridized carbons (Fsp3) is 0.158. The van der Waals surface area contributed by atoms with Gasteiger partial charge in [0.1, 0.15) is 6.04 Å². The van der Waals surface area contributed by atoms with E-state index in [4.69, 9.17) is 0 Å². The van der Waals surface area contributed by atoms with E-state index < -0.39 is 16.9 Å². The average Bonchev–Trinajstić information content (AvgIpc) is 3.11. The number of benzene rings is 2. The van der Waals surface area contributed by atoms with Gasteiger partial charge < -0.3 is 5.32 Å². The van der Waals surface area contributed by atoms with Gasteiger partial charge >= 0.3 is 0 Å². The standard InChI is InChI=1S/C19H16N6O4/c1-11-5-7-12(8-6-11)17-22-19-21-16(26)10-15(24(19)23-17)18(27)20-13-3-2-4-14(9-13)25(28)29/h2-9,15H,10H2,1H3,(H,20,27)(H,21,22,23,26)/t15-/m1/s1. The predicted octanol–water partition coefficient (Wildman–Crippen LogP) is 2.68. The summed E-state index contributed by atoms with van der Waals surface area (Å²) in [7, 11) is 0. The molecule has 2 amide bonds. The first kappa shape index (κ1) is 18.3. The minimum absolute atomic E-state index is 0.121. The largest absolute Gasteiger partial charge is 0.324 e. The third kappa shape index (κ3) is 3.68. The second kappa shape index (κ2) is 7.15. The highest BCUT2D eigenvalue weighted by Gasteiger charge is 2.33. The van der Waals surface area contributed by atoms with E-state index in [1.165, 1.54) is 28.9 Å². The molecule has 4 rings (SSSR count). The number of nitro benzene ring substituents is 1. The van der Waals surface area contributed by atoms with Crippen LogP contribution in [0, 0.1) is 17.0 Å². The second-order valence-corrected chi connectivity index (χ2v) is 6.63. The molecule has 2 heterocycles. The molecule has 3 aromatic rings. The quantitative estimate of drug-likeness (QED) is 0.518. The van der Waals surface area contributed by atoms with E-state index in [-0.39, 0.29) is 29.7 Å². The van der Waals surface area contributed by atoms with Gasteiger partial charge in [0.05, 0.1) is 11.3 Å². The Hall–Kier alpha value is -4.08. The summed E-state index contributed by atoms with van der Waals surface area (Å²) in [5.74, 6) is -0.312. The van der Waals surface area contributed by atoms with Gasteiger partial charge in [-0.3, -0.25) is 25.0 Å². The number of non-ortho nitro benzene ring substituents is 1. The number of aromatic nitrogens is 3. The van der Waals surface area contributed by atoms with Crippen LogP contribution in [0.25, 0.3) is 11.4 Å². The Kier molecular flexibility index (Phi) is 4.51. The second-order valence-electron chi connectivity index (χ2n) is 6.63. The number of rotatable bonds is 4. The Labute approximate surface area is 164 Å². The number of nitrogens with zero attached hydrogens (tertiary/aromatic N) is 4. The van der Waals surface area contributed by atoms with Gasteiger partial charge in [-0.2, -0.15) is 4.98 Å². The molecule has 29 heavy (non-hydrogen) atoms. The lowest BCUT2D eigenvalue weighted by Gasteiger charge is -2.22. The van der Waals surface area contributed by atoms with Crippen molar-refractivity contribution in [2.45, 2.75) is 19.4 Å². The number of hydrogen-bond acceptors (Lipinski definition) is 6. The molecule has 0 bridgehead atoms. The van der Waals surface area contributed by atoms with Crippen LogP contribution in [0.1, 0.15) is 18.0 Å². The smallest absolute Gasteiger partial charge is 0.271 e. The molecule has 2 N–H and O–H groups in total. The fourth-order valence-corrected chi connectivity index (χ4v) is 3.02. The minimum Gasteiger partial charge on any atom is -0.324 e. The average molecular weight is 392 g/mol. The van der Waals surface area contributed by atoms with Crippen LogP contribution in [-0.2, 0) is 9.59 Å². The van der Waals surface area contributed by atoms with Gasteiger partial charge in [0.15, 0.2) is 5.82 Å². The zero-order valence-electron chi connectivity index (χ0n) is 15.3. The number of amides is 2. The summed E-state index contributed by atoms with van der Waals surface area (Å²) in [5.41, 5.74) is 1.95. The molecule has 2 aromatic carbocycles. The molecule has 1 atom stereocenters. The summed E-state index contributed by atoms with van der Waals surface area (Å²) in [6, 6.07) is 12.2. The van der Waals surface area contributed by atoms with Crippen molar-refractivity contribution in [3.05, 3.63) is 64.2 Å². The molecule has 10 nitrogen and oxygen atoms in total. The topological polar surface area (TPSA) is 132 Å². The van der Waals surface area contributed by atoms with Crippen LogP contribution < -0.4 is 10.6 Å². The third-order valence-electron chi connectivity index (χ3n) is 4.49. The van der Waals surface area contributed by atoms with Crippen molar-refractivity contribution >= 4 is 29.1 Å². The van der Waals surface area contributed by atoms with Crippen molar-refractivity contribution in [1.29, 1.82) is 0 Å². The maximum atomic E-state index is 12.8. The summed E-state index contributed by atoms with van der Waals surface area (Å²) >= 11 is 0. The Morgan fingerprint density at radius 1 is 1.28 bits per heavy atom. The van der Waals surface area contributed by atoms with Crippen LogP contribution in [-0.4, -0.2) is 31.5 Å². The van der Waals surface area contributed by atoms with Gasteiger partial charge in [0.25, 0.3) is 5.69 Å². The SMILES string of the molecule is Cc1ccc(-c2nc3n(n2)[C@@H](C(=O)Nc2cccc([N+](=O)[O-])c2)CC(=O)N3)cc1. The van der Waals surface area contributed by atoms with Crippen LogP contribution in [0.4, 0.5) is 17.3 Å². The molecule has 1 aliphatic heterocycles. The molecule has 0 unspecified atom stereocenters. The number of aryl methyl sites for hydroxylation is 1. The van der Waals surface area contributed by atoms with Crippen molar-refractivity contribution < 1.29 is 14.5 Å². The van der Waals surface area contributed by atoms with E-state index in [1.54, 1.807) is 0 Å². The van der Waals surface area contributed by atoms with Gasteiger partial charge in [-0.25, -0.2) is 4.68 Å². The maximum absolute atomic E-state index is 12.8. The molecule has 1 aliphatic rings. The molecule has 0 aliphatic carbocycles. The summed E-state index contributed by atoms with van der Waals surface area (Å²) in [6.07, 6.45) is -0.121. The predicted molar refractivity (Wildman–Crippen MR) is 104 cm³/mol. The Morgan fingerprint density at radius 3 is 2.76 bits per heavy atom. The van der Waals surface area contributed by atoms with E-state index in [0.29, 0.717) is 5.82 Å². The minimum atomic E-state index is -0.926. The zero-order valence-corrected chi connectivity index (χ0v) is 15.3. The van der Waals surface area contributed by atoms with E-state index in [0.717, 1.165) is 11.1 Å². The number of carbonyl (C=O) groups is 2. The number of hydrogen-bond donors (Lipinski definition) is 2. The highest BCUT2D eigenvalue weighted by atomic mass is 16.6. The number of nitrogens with one attached hydrogen (secondary N) is 2. The van der Waals surface area contributed by atoms with Crippen molar-refractivity contribution in [3.8, 4) is 11.4 Å². The molecule has 0 radical (unpaired) electrons. The van der Waals surface area contributed by atoms with Crippen LogP contribution >= 0.6 is 0 Å². The van der Waals surface area contributed by atoms with Gasteiger partial charge in [-0.05, 0) is 13.0 Å². The molecule has 10 heteroatoms.